The molecule has 1 fully saturated rings. The molecule has 0 radical (unpaired) electrons. The lowest BCUT2D eigenvalue weighted by molar-refractivity contribution is 0.420. The Labute approximate surface area is 210 Å². The number of halogens is 6. The normalized spacial score (nSPS) is 14.7. The van der Waals surface area contributed by atoms with E-state index in [4.69, 9.17) is 11.6 Å². The van der Waals surface area contributed by atoms with E-state index in [-0.39, 0.29) is 18.1 Å². The van der Waals surface area contributed by atoms with E-state index in [2.05, 4.69) is 15.3 Å². The van der Waals surface area contributed by atoms with E-state index in [0.717, 1.165) is 6.26 Å². The minimum atomic E-state index is -2.25. The van der Waals surface area contributed by atoms with Crippen LogP contribution in [0, 0.1) is 29.1 Å². The summed E-state index contributed by atoms with van der Waals surface area (Å²) >= 11 is 4.20. The topological polar surface area (TPSA) is 64.1 Å². The van der Waals surface area contributed by atoms with Crippen molar-refractivity contribution in [2.45, 2.75) is 10.9 Å². The molecule has 0 spiro atoms. The van der Waals surface area contributed by atoms with E-state index in [1.54, 1.807) is 35.2 Å². The number of rotatable bonds is 5. The molecule has 0 bridgehead atoms. The van der Waals surface area contributed by atoms with Gasteiger partial charge < -0.3 is 14.8 Å². The van der Waals surface area contributed by atoms with Crippen molar-refractivity contribution in [2.75, 3.05) is 29.6 Å². The van der Waals surface area contributed by atoms with Crippen molar-refractivity contribution >= 4 is 45.2 Å². The number of hydrogen-bond acceptors (Lipinski definition) is 5. The average molecular weight is 539 g/mol. The highest BCUT2D eigenvalue weighted by molar-refractivity contribution is 7.90. The summed E-state index contributed by atoms with van der Waals surface area (Å²) in [7, 11) is 0. The highest BCUT2D eigenvalue weighted by atomic mass is 35.5. The van der Waals surface area contributed by atoms with Gasteiger partial charge in [-0.25, -0.2) is 23.1 Å². The fourth-order valence-corrected chi connectivity index (χ4v) is 5.09. The number of hydrogen-bond donors (Lipinski definition) is 1. The molecule has 0 amide bonds. The molecule has 5 nitrogen and oxygen atoms in total. The predicted molar refractivity (Wildman–Crippen MR) is 128 cm³/mol. The molecule has 1 aliphatic heterocycles. The molecular weight excluding hydrogens is 523 g/mol. The summed E-state index contributed by atoms with van der Waals surface area (Å²) in [5.74, 6) is -6.63. The Kier molecular flexibility index (Phi) is 6.39. The van der Waals surface area contributed by atoms with Crippen LogP contribution < -0.4 is 10.2 Å². The Hall–Kier alpha value is -3.15. The second kappa shape index (κ2) is 9.38. The Morgan fingerprint density at radius 2 is 1.64 bits per heavy atom. The second-order valence-electron chi connectivity index (χ2n) is 8.19. The number of benzene rings is 3. The predicted octanol–water partition coefficient (Wildman–Crippen LogP) is 5.68. The summed E-state index contributed by atoms with van der Waals surface area (Å²) in [6, 6.07) is 8.88. The Bertz CT molecular complexity index is 1470. The standard InChI is InChI=1S/C24H16ClF5N4OS/c1-36(35)23-20(29)18(27)22(19(28)21(23)30)33-11-8-34(9-11)24-14-6-15(25)13(7-17(14)31-10-32-24)12-4-2-3-5-16(12)26/h2-7,10-11,33H,8-9H2,1H3. The number of aromatic nitrogens is 2. The third kappa shape index (κ3) is 4.10. The van der Waals surface area contributed by atoms with Gasteiger partial charge in [0.1, 0.15) is 29.9 Å². The largest absolute Gasteiger partial charge is 0.611 e. The molecule has 1 aliphatic rings. The molecule has 0 saturated carbocycles. The van der Waals surface area contributed by atoms with Gasteiger partial charge in [0, 0.05) is 34.6 Å². The summed E-state index contributed by atoms with van der Waals surface area (Å²) in [4.78, 5) is 9.14. The van der Waals surface area contributed by atoms with Crippen molar-refractivity contribution in [1.29, 1.82) is 0 Å². The van der Waals surface area contributed by atoms with E-state index < -0.39 is 56.9 Å². The molecule has 5 rings (SSSR count). The van der Waals surface area contributed by atoms with Gasteiger partial charge >= 0.3 is 0 Å². The van der Waals surface area contributed by atoms with Crippen molar-refractivity contribution in [3.05, 3.63) is 76.8 Å². The first-order valence-corrected chi connectivity index (χ1v) is 12.5. The van der Waals surface area contributed by atoms with E-state index in [1.165, 1.54) is 12.4 Å². The van der Waals surface area contributed by atoms with Crippen LogP contribution in [0.5, 0.6) is 0 Å². The zero-order chi connectivity index (χ0) is 25.7. The Morgan fingerprint density at radius 1 is 0.972 bits per heavy atom. The van der Waals surface area contributed by atoms with E-state index in [0.29, 0.717) is 27.8 Å². The van der Waals surface area contributed by atoms with Crippen LogP contribution in [0.3, 0.4) is 0 Å². The van der Waals surface area contributed by atoms with Crippen LogP contribution in [0.15, 0.2) is 47.6 Å². The van der Waals surface area contributed by atoms with Crippen LogP contribution >= 0.6 is 11.6 Å². The molecular formula is C24H16ClF5N4OS. The maximum atomic E-state index is 14.4. The van der Waals surface area contributed by atoms with Gasteiger partial charge in [0.05, 0.1) is 11.6 Å². The SMILES string of the molecule is C[S+]([O-])c1c(F)c(F)c(NC2CN(c3ncnc4cc(-c5ccccc5F)c(Cl)cc34)C2)c(F)c1F. The Balaban J connectivity index is 1.40. The Morgan fingerprint density at radius 3 is 2.28 bits per heavy atom. The molecule has 3 aromatic carbocycles. The molecule has 1 aromatic heterocycles. The number of nitrogens with one attached hydrogen (secondary N) is 1. The van der Waals surface area contributed by atoms with Crippen LogP contribution in [-0.4, -0.2) is 39.9 Å². The van der Waals surface area contributed by atoms with Gasteiger partial charge in [-0.2, -0.15) is 8.78 Å². The zero-order valence-electron chi connectivity index (χ0n) is 18.5. The number of fused-ring (bicyclic) bond motifs is 1. The van der Waals surface area contributed by atoms with Crippen LogP contribution in [0.2, 0.25) is 5.02 Å². The van der Waals surface area contributed by atoms with Gasteiger partial charge in [0.15, 0.2) is 11.6 Å². The first-order chi connectivity index (χ1) is 17.2. The quantitative estimate of drug-likeness (QED) is 0.201. The van der Waals surface area contributed by atoms with Crippen molar-refractivity contribution in [1.82, 2.24) is 9.97 Å². The van der Waals surface area contributed by atoms with Gasteiger partial charge in [0.2, 0.25) is 16.5 Å². The highest BCUT2D eigenvalue weighted by Gasteiger charge is 2.35. The molecule has 36 heavy (non-hydrogen) atoms. The summed E-state index contributed by atoms with van der Waals surface area (Å²) in [5.41, 5.74) is 0.318. The van der Waals surface area contributed by atoms with Crippen LogP contribution in [0.25, 0.3) is 22.0 Å². The summed E-state index contributed by atoms with van der Waals surface area (Å²) in [6.45, 7) is 0.394. The monoisotopic (exact) mass is 538 g/mol. The summed E-state index contributed by atoms with van der Waals surface area (Å²) in [5, 5.41) is 3.33. The fraction of sp³-hybridized carbons (Fsp3) is 0.167. The van der Waals surface area contributed by atoms with Gasteiger partial charge in [0.25, 0.3) is 0 Å². The fourth-order valence-electron chi connectivity index (χ4n) is 4.14. The summed E-state index contributed by atoms with van der Waals surface area (Å²) in [6.07, 6.45) is 2.25. The lowest BCUT2D eigenvalue weighted by Gasteiger charge is -2.41. The van der Waals surface area contributed by atoms with Gasteiger partial charge in [-0.3, -0.25) is 0 Å². The molecule has 1 atom stereocenters. The molecule has 186 valence electrons. The smallest absolute Gasteiger partial charge is 0.230 e. The molecule has 4 aromatic rings. The zero-order valence-corrected chi connectivity index (χ0v) is 20.0. The van der Waals surface area contributed by atoms with Crippen LogP contribution in [0.1, 0.15) is 0 Å². The molecule has 12 heteroatoms. The van der Waals surface area contributed by atoms with Crippen molar-refractivity contribution in [3.63, 3.8) is 0 Å². The molecule has 2 heterocycles. The first kappa shape index (κ1) is 24.5. The maximum absolute atomic E-state index is 14.4. The molecule has 1 N–H and O–H groups in total. The molecule has 0 aliphatic carbocycles. The first-order valence-electron chi connectivity index (χ1n) is 10.6. The van der Waals surface area contributed by atoms with E-state index in [1.807, 2.05) is 0 Å². The third-order valence-electron chi connectivity index (χ3n) is 5.91. The van der Waals surface area contributed by atoms with Crippen molar-refractivity contribution in [3.8, 4) is 11.1 Å². The van der Waals surface area contributed by atoms with E-state index >= 15 is 0 Å². The third-order valence-corrected chi connectivity index (χ3v) is 7.15. The minimum absolute atomic E-state index is 0.197. The minimum Gasteiger partial charge on any atom is -0.611 e. The lowest BCUT2D eigenvalue weighted by atomic mass is 10.0. The van der Waals surface area contributed by atoms with Crippen LogP contribution in [0.4, 0.5) is 33.5 Å². The van der Waals surface area contributed by atoms with Crippen molar-refractivity contribution in [2.24, 2.45) is 0 Å². The number of anilines is 2. The average Bonchev–Trinajstić information content (AvgIpc) is 2.81. The number of nitrogens with zero attached hydrogens (tertiary/aromatic N) is 3. The van der Waals surface area contributed by atoms with Gasteiger partial charge in [-0.1, -0.05) is 29.8 Å². The van der Waals surface area contributed by atoms with Crippen LogP contribution in [-0.2, 0) is 11.2 Å². The highest BCUT2D eigenvalue weighted by Crippen LogP contribution is 2.37. The van der Waals surface area contributed by atoms with Crippen molar-refractivity contribution < 1.29 is 26.5 Å². The van der Waals surface area contributed by atoms with E-state index in [9.17, 15) is 26.5 Å². The molecule has 1 unspecified atom stereocenters. The summed E-state index contributed by atoms with van der Waals surface area (Å²) < 4.78 is 82.9. The maximum Gasteiger partial charge on any atom is 0.230 e. The lowest BCUT2D eigenvalue weighted by Crippen LogP contribution is -2.55. The van der Waals surface area contributed by atoms with Gasteiger partial charge in [-0.15, -0.1) is 0 Å². The van der Waals surface area contributed by atoms with Gasteiger partial charge in [-0.05, 0) is 29.4 Å². The molecule has 1 saturated heterocycles. The second-order valence-corrected chi connectivity index (χ2v) is 9.91.